The molecule has 1 aliphatic heterocycles. The SMILES string of the molecule is Cc1nc([C@@H](C)Nc2ncc(F)c(N3C(=O)OC[C@@H]3[C@@H](C)O)n2)sc1-c1ccnc(C(C)(C)C(F)(F)F)c1. The van der Waals surface area contributed by atoms with E-state index in [1.54, 1.807) is 19.9 Å². The molecular formula is C24H26F4N6O3S. The molecule has 0 aromatic carbocycles. The lowest BCUT2D eigenvalue weighted by molar-refractivity contribution is -0.181. The van der Waals surface area contributed by atoms with Crippen LogP contribution in [-0.2, 0) is 10.2 Å². The molecule has 0 saturated carbocycles. The number of pyridine rings is 1. The van der Waals surface area contributed by atoms with Crippen molar-refractivity contribution in [3.63, 3.8) is 0 Å². The summed E-state index contributed by atoms with van der Waals surface area (Å²) in [6, 6.07) is 1.76. The molecule has 204 valence electrons. The average Bonchev–Trinajstić information content (AvgIpc) is 3.42. The first-order valence-electron chi connectivity index (χ1n) is 11.6. The molecule has 3 aromatic rings. The van der Waals surface area contributed by atoms with Crippen molar-refractivity contribution in [2.45, 2.75) is 64.4 Å². The van der Waals surface area contributed by atoms with Crippen molar-refractivity contribution in [2.24, 2.45) is 0 Å². The van der Waals surface area contributed by atoms with Gasteiger partial charge in [0.15, 0.2) is 11.6 Å². The molecule has 3 atom stereocenters. The number of aliphatic hydroxyl groups is 1. The lowest BCUT2D eigenvalue weighted by Crippen LogP contribution is -2.42. The van der Waals surface area contributed by atoms with Gasteiger partial charge < -0.3 is 15.2 Å². The normalized spacial score (nSPS) is 17.9. The number of cyclic esters (lactones) is 1. The summed E-state index contributed by atoms with van der Waals surface area (Å²) in [5.74, 6) is -1.20. The molecule has 0 spiro atoms. The second-order valence-corrected chi connectivity index (χ2v) is 10.5. The van der Waals surface area contributed by atoms with Gasteiger partial charge in [-0.1, -0.05) is 0 Å². The van der Waals surface area contributed by atoms with Gasteiger partial charge in [0.05, 0.1) is 34.6 Å². The summed E-state index contributed by atoms with van der Waals surface area (Å²) in [7, 11) is 0. The Hall–Kier alpha value is -3.39. The van der Waals surface area contributed by atoms with E-state index in [0.29, 0.717) is 21.1 Å². The molecule has 2 N–H and O–H groups in total. The van der Waals surface area contributed by atoms with E-state index in [2.05, 4.69) is 25.3 Å². The highest BCUT2D eigenvalue weighted by atomic mass is 32.1. The standard InChI is InChI=1S/C24H26F4N6O3S/c1-11-18(14-6-7-29-17(8-14)23(4,5)24(26,27)28)38-20(31-11)12(2)32-21-30-9-15(25)19(33-21)34-16(13(3)35)10-37-22(34)36/h6-9,12-13,16,35H,10H2,1-5H3,(H,30,32,33)/t12-,13-,16-/m1/s1. The second-order valence-electron chi connectivity index (χ2n) is 9.51. The van der Waals surface area contributed by atoms with Crippen LogP contribution < -0.4 is 10.2 Å². The van der Waals surface area contributed by atoms with Crippen LogP contribution in [0.2, 0.25) is 0 Å². The third-order valence-electron chi connectivity index (χ3n) is 6.32. The van der Waals surface area contributed by atoms with Crippen molar-refractivity contribution in [3.05, 3.63) is 46.7 Å². The van der Waals surface area contributed by atoms with Crippen LogP contribution in [0.15, 0.2) is 24.5 Å². The molecular weight excluding hydrogens is 528 g/mol. The third-order valence-corrected chi connectivity index (χ3v) is 7.71. The number of halogens is 4. The predicted octanol–water partition coefficient (Wildman–Crippen LogP) is 5.16. The highest BCUT2D eigenvalue weighted by molar-refractivity contribution is 7.15. The molecule has 1 aliphatic rings. The summed E-state index contributed by atoms with van der Waals surface area (Å²) < 4.78 is 60.2. The first-order chi connectivity index (χ1) is 17.7. The van der Waals surface area contributed by atoms with Gasteiger partial charge in [0.25, 0.3) is 0 Å². The Bertz CT molecular complexity index is 1350. The predicted molar refractivity (Wildman–Crippen MR) is 132 cm³/mol. The molecule has 38 heavy (non-hydrogen) atoms. The van der Waals surface area contributed by atoms with Crippen LogP contribution in [0.4, 0.5) is 34.1 Å². The number of amides is 1. The average molecular weight is 555 g/mol. The van der Waals surface area contributed by atoms with E-state index in [9.17, 15) is 27.5 Å². The maximum Gasteiger partial charge on any atom is 0.416 e. The van der Waals surface area contributed by atoms with Crippen LogP contribution >= 0.6 is 11.3 Å². The molecule has 1 fully saturated rings. The smallest absolute Gasteiger partial charge is 0.416 e. The molecule has 9 nitrogen and oxygen atoms in total. The summed E-state index contributed by atoms with van der Waals surface area (Å²) in [6.45, 7) is 7.02. The Labute approximate surface area is 219 Å². The van der Waals surface area contributed by atoms with E-state index in [-0.39, 0.29) is 24.1 Å². The minimum absolute atomic E-state index is 0.00506. The van der Waals surface area contributed by atoms with Gasteiger partial charge in [0, 0.05) is 6.20 Å². The number of carbonyl (C=O) groups is 1. The van der Waals surface area contributed by atoms with Crippen LogP contribution in [0.1, 0.15) is 50.1 Å². The number of carbonyl (C=O) groups excluding carboxylic acids is 1. The zero-order valence-electron chi connectivity index (χ0n) is 21.2. The summed E-state index contributed by atoms with van der Waals surface area (Å²) in [4.78, 5) is 30.4. The number of rotatable bonds is 7. The van der Waals surface area contributed by atoms with Gasteiger partial charge in [-0.05, 0) is 52.3 Å². The number of ether oxygens (including phenoxy) is 1. The van der Waals surface area contributed by atoms with Crippen LogP contribution in [-0.4, -0.2) is 56.1 Å². The summed E-state index contributed by atoms with van der Waals surface area (Å²) >= 11 is 1.27. The molecule has 14 heteroatoms. The summed E-state index contributed by atoms with van der Waals surface area (Å²) in [5.41, 5.74) is -1.07. The van der Waals surface area contributed by atoms with E-state index >= 15 is 0 Å². The van der Waals surface area contributed by atoms with Gasteiger partial charge in [-0.3, -0.25) is 4.98 Å². The van der Waals surface area contributed by atoms with E-state index in [1.807, 2.05) is 0 Å². The Kier molecular flexibility index (Phi) is 7.32. The lowest BCUT2D eigenvalue weighted by Gasteiger charge is -2.27. The van der Waals surface area contributed by atoms with Gasteiger partial charge in [-0.25, -0.2) is 24.1 Å². The number of alkyl halides is 3. The maximum absolute atomic E-state index is 14.6. The quantitative estimate of drug-likeness (QED) is 0.385. The topological polar surface area (TPSA) is 113 Å². The van der Waals surface area contributed by atoms with Gasteiger partial charge in [0.1, 0.15) is 23.1 Å². The fourth-order valence-electron chi connectivity index (χ4n) is 3.82. The van der Waals surface area contributed by atoms with Crippen LogP contribution in [0.3, 0.4) is 0 Å². The summed E-state index contributed by atoms with van der Waals surface area (Å²) in [6.07, 6.45) is -4.05. The maximum atomic E-state index is 14.6. The number of nitrogens with zero attached hydrogens (tertiary/aromatic N) is 5. The van der Waals surface area contributed by atoms with Crippen molar-refractivity contribution >= 4 is 29.2 Å². The van der Waals surface area contributed by atoms with Crippen molar-refractivity contribution < 1.29 is 32.2 Å². The largest absolute Gasteiger partial charge is 0.447 e. The first kappa shape index (κ1) is 27.6. The van der Waals surface area contributed by atoms with Gasteiger partial charge in [-0.15, -0.1) is 11.3 Å². The number of thiazole rings is 1. The number of aryl methyl sites for hydroxylation is 1. The van der Waals surface area contributed by atoms with Gasteiger partial charge in [-0.2, -0.15) is 18.2 Å². The lowest BCUT2D eigenvalue weighted by atomic mass is 9.87. The Morgan fingerprint density at radius 2 is 1.95 bits per heavy atom. The fourth-order valence-corrected chi connectivity index (χ4v) is 4.88. The Morgan fingerprint density at radius 1 is 1.24 bits per heavy atom. The van der Waals surface area contributed by atoms with E-state index in [1.165, 1.54) is 30.5 Å². The minimum atomic E-state index is -4.47. The molecule has 0 bridgehead atoms. The third kappa shape index (κ3) is 5.14. The molecule has 1 saturated heterocycles. The highest BCUT2D eigenvalue weighted by Crippen LogP contribution is 2.41. The zero-order valence-corrected chi connectivity index (χ0v) is 22.0. The second kappa shape index (κ2) is 10.1. The van der Waals surface area contributed by atoms with Crippen LogP contribution in [0.5, 0.6) is 0 Å². The van der Waals surface area contributed by atoms with E-state index in [4.69, 9.17) is 4.74 Å². The molecule has 1 amide bonds. The molecule has 0 aliphatic carbocycles. The monoisotopic (exact) mass is 554 g/mol. The van der Waals surface area contributed by atoms with Gasteiger partial charge >= 0.3 is 12.3 Å². The zero-order chi connectivity index (χ0) is 28.0. The molecule has 0 unspecified atom stereocenters. The number of anilines is 2. The number of hydrogen-bond acceptors (Lipinski definition) is 9. The van der Waals surface area contributed by atoms with Crippen molar-refractivity contribution in [1.29, 1.82) is 0 Å². The van der Waals surface area contributed by atoms with E-state index < -0.39 is 41.7 Å². The van der Waals surface area contributed by atoms with Gasteiger partial charge in [0.2, 0.25) is 5.95 Å². The van der Waals surface area contributed by atoms with Crippen LogP contribution in [0.25, 0.3) is 10.4 Å². The van der Waals surface area contributed by atoms with Crippen molar-refractivity contribution in [2.75, 3.05) is 16.8 Å². The van der Waals surface area contributed by atoms with Crippen LogP contribution in [0, 0.1) is 12.7 Å². The first-order valence-corrected chi connectivity index (χ1v) is 12.5. The van der Waals surface area contributed by atoms with Crippen molar-refractivity contribution in [1.82, 2.24) is 19.9 Å². The molecule has 4 rings (SSSR count). The molecule has 4 heterocycles. The molecule has 3 aromatic heterocycles. The number of aliphatic hydroxyl groups excluding tert-OH is 1. The Balaban J connectivity index is 1.59. The summed E-state index contributed by atoms with van der Waals surface area (Å²) in [5, 5.41) is 13.6. The highest BCUT2D eigenvalue weighted by Gasteiger charge is 2.49. The fraction of sp³-hybridized carbons (Fsp3) is 0.458. The molecule has 0 radical (unpaired) electrons. The van der Waals surface area contributed by atoms with Crippen molar-refractivity contribution in [3.8, 4) is 10.4 Å². The minimum Gasteiger partial charge on any atom is -0.447 e. The number of hydrogen-bond donors (Lipinski definition) is 2. The van der Waals surface area contributed by atoms with E-state index in [0.717, 1.165) is 24.9 Å². The number of nitrogens with one attached hydrogen (secondary N) is 1. The Morgan fingerprint density at radius 3 is 2.61 bits per heavy atom. The number of aromatic nitrogens is 4.